The number of rotatable bonds is 0. The summed E-state index contributed by atoms with van der Waals surface area (Å²) < 4.78 is 1.81. The molecule has 52 valence electrons. The second-order valence-electron chi connectivity index (χ2n) is 2.38. The van der Waals surface area contributed by atoms with Crippen LogP contribution < -0.4 is 0 Å². The van der Waals surface area contributed by atoms with E-state index in [9.17, 15) is 0 Å². The molecule has 10 heavy (non-hydrogen) atoms. The Labute approximate surface area is 58.6 Å². The van der Waals surface area contributed by atoms with E-state index in [0.29, 0.717) is 0 Å². The molecule has 2 heterocycles. The van der Waals surface area contributed by atoms with Gasteiger partial charge in [0.2, 0.25) is 5.95 Å². The Morgan fingerprint density at radius 2 is 2.50 bits per heavy atom. The molecule has 1 aliphatic heterocycles. The molecule has 0 fully saturated rings. The molecule has 1 aromatic rings. The van der Waals surface area contributed by atoms with Gasteiger partial charge in [-0.2, -0.15) is 10.1 Å². The molecule has 0 aromatic carbocycles. The monoisotopic (exact) mass is 136 g/mol. The predicted octanol–water partition coefficient (Wildman–Crippen LogP) is 0.774. The van der Waals surface area contributed by atoms with Crippen molar-refractivity contribution in [1.29, 1.82) is 0 Å². The molecular weight excluding hydrogens is 128 g/mol. The van der Waals surface area contributed by atoms with E-state index in [1.54, 1.807) is 0 Å². The van der Waals surface area contributed by atoms with E-state index >= 15 is 0 Å². The number of hydrogen-bond donors (Lipinski definition) is 0. The molecule has 0 unspecified atom stereocenters. The molecule has 0 spiro atoms. The molecule has 1 aromatic heterocycles. The third-order valence-corrected chi connectivity index (χ3v) is 1.57. The van der Waals surface area contributed by atoms with Crippen molar-refractivity contribution in [2.75, 3.05) is 0 Å². The molecule has 0 atom stereocenters. The first-order valence-corrected chi connectivity index (χ1v) is 3.28. The maximum Gasteiger partial charge on any atom is 0.247 e. The Morgan fingerprint density at radius 1 is 1.60 bits per heavy atom. The van der Waals surface area contributed by atoms with Gasteiger partial charge in [0, 0.05) is 12.1 Å². The first-order valence-electron chi connectivity index (χ1n) is 3.28. The molecule has 4 nitrogen and oxygen atoms in total. The van der Waals surface area contributed by atoms with Crippen LogP contribution in [0, 0.1) is 0 Å². The number of aryl methyl sites for hydroxylation is 1. The van der Waals surface area contributed by atoms with Gasteiger partial charge in [0.15, 0.2) is 0 Å². The minimum absolute atomic E-state index is 0.740. The smallest absolute Gasteiger partial charge is 0.230 e. The van der Waals surface area contributed by atoms with Gasteiger partial charge in [-0.05, 0) is 6.92 Å². The van der Waals surface area contributed by atoms with E-state index < -0.39 is 0 Å². The number of nitrogens with zero attached hydrogens (tertiary/aromatic N) is 4. The summed E-state index contributed by atoms with van der Waals surface area (Å²) in [7, 11) is 0. The van der Waals surface area contributed by atoms with Gasteiger partial charge in [0.05, 0.1) is 6.54 Å². The lowest BCUT2D eigenvalue weighted by molar-refractivity contribution is 0.622. The van der Waals surface area contributed by atoms with Crippen LogP contribution in [0.2, 0.25) is 0 Å². The van der Waals surface area contributed by atoms with Gasteiger partial charge in [-0.1, -0.05) is 0 Å². The summed E-state index contributed by atoms with van der Waals surface area (Å²) in [5, 5.41) is 3.99. The first-order chi connectivity index (χ1) is 4.86. The summed E-state index contributed by atoms with van der Waals surface area (Å²) in [6, 6.07) is 0. The van der Waals surface area contributed by atoms with Crippen LogP contribution in [0.3, 0.4) is 0 Å². The molecule has 0 saturated carbocycles. The van der Waals surface area contributed by atoms with Gasteiger partial charge in [0.1, 0.15) is 6.33 Å². The number of hydrogen-bond acceptors (Lipinski definition) is 3. The van der Waals surface area contributed by atoms with E-state index in [1.807, 2.05) is 11.6 Å². The fourth-order valence-electron chi connectivity index (χ4n) is 0.997. The average Bonchev–Trinajstić information content (AvgIpc) is 2.33. The zero-order valence-corrected chi connectivity index (χ0v) is 5.78. The van der Waals surface area contributed by atoms with Gasteiger partial charge in [-0.15, -0.1) is 0 Å². The number of aromatic nitrogens is 3. The fourth-order valence-corrected chi connectivity index (χ4v) is 0.997. The molecule has 0 aliphatic carbocycles. The van der Waals surface area contributed by atoms with Gasteiger partial charge >= 0.3 is 0 Å². The van der Waals surface area contributed by atoms with Crippen molar-refractivity contribution in [1.82, 2.24) is 14.8 Å². The SMILES string of the molecule is CC1=Nc2ncnn2CC1. The molecule has 4 heteroatoms. The van der Waals surface area contributed by atoms with Crippen LogP contribution in [0.15, 0.2) is 11.3 Å². The summed E-state index contributed by atoms with van der Waals surface area (Å²) in [5.41, 5.74) is 1.14. The quantitative estimate of drug-likeness (QED) is 0.528. The summed E-state index contributed by atoms with van der Waals surface area (Å²) in [5.74, 6) is 0.740. The Hall–Kier alpha value is -1.19. The van der Waals surface area contributed by atoms with E-state index in [0.717, 1.165) is 24.6 Å². The standard InChI is InChI=1S/C6H8N4/c1-5-2-3-10-6(9-5)7-4-8-10/h4H,2-3H2,1H3. The van der Waals surface area contributed by atoms with Crippen molar-refractivity contribution in [3.63, 3.8) is 0 Å². The van der Waals surface area contributed by atoms with E-state index in [4.69, 9.17) is 0 Å². The molecule has 0 radical (unpaired) electrons. The van der Waals surface area contributed by atoms with Crippen molar-refractivity contribution < 1.29 is 0 Å². The highest BCUT2D eigenvalue weighted by Crippen LogP contribution is 2.13. The largest absolute Gasteiger partial charge is 0.247 e. The van der Waals surface area contributed by atoms with Crippen molar-refractivity contribution in [3.8, 4) is 0 Å². The predicted molar refractivity (Wildman–Crippen MR) is 37.4 cm³/mol. The lowest BCUT2D eigenvalue weighted by Crippen LogP contribution is -2.09. The zero-order valence-electron chi connectivity index (χ0n) is 5.78. The van der Waals surface area contributed by atoms with Crippen LogP contribution in [-0.2, 0) is 6.54 Å². The minimum Gasteiger partial charge on any atom is -0.230 e. The van der Waals surface area contributed by atoms with Gasteiger partial charge in [0.25, 0.3) is 0 Å². The molecule has 0 amide bonds. The molecular formula is C6H8N4. The summed E-state index contributed by atoms with van der Waals surface area (Å²) >= 11 is 0. The Bertz CT molecular complexity index is 273. The average molecular weight is 136 g/mol. The first kappa shape index (κ1) is 5.58. The second kappa shape index (κ2) is 1.90. The van der Waals surface area contributed by atoms with Crippen molar-refractivity contribution in [3.05, 3.63) is 6.33 Å². The van der Waals surface area contributed by atoms with Crippen LogP contribution >= 0.6 is 0 Å². The van der Waals surface area contributed by atoms with E-state index in [2.05, 4.69) is 15.1 Å². The second-order valence-corrected chi connectivity index (χ2v) is 2.38. The van der Waals surface area contributed by atoms with Gasteiger partial charge < -0.3 is 0 Å². The number of fused-ring (bicyclic) bond motifs is 1. The summed E-state index contributed by atoms with van der Waals surface area (Å²) in [4.78, 5) is 8.18. The Kier molecular flexibility index (Phi) is 1.06. The highest BCUT2D eigenvalue weighted by atomic mass is 15.4. The molecule has 0 N–H and O–H groups in total. The van der Waals surface area contributed by atoms with Crippen molar-refractivity contribution >= 4 is 11.7 Å². The maximum absolute atomic E-state index is 4.21. The molecule has 0 bridgehead atoms. The summed E-state index contributed by atoms with van der Waals surface area (Å²) in [6.45, 7) is 2.93. The van der Waals surface area contributed by atoms with Crippen LogP contribution in [0.1, 0.15) is 13.3 Å². The minimum atomic E-state index is 0.740. The fraction of sp³-hybridized carbons (Fsp3) is 0.500. The van der Waals surface area contributed by atoms with Crippen molar-refractivity contribution in [2.45, 2.75) is 19.9 Å². The van der Waals surface area contributed by atoms with Crippen LogP contribution in [-0.4, -0.2) is 20.5 Å². The topological polar surface area (TPSA) is 43.1 Å². The third kappa shape index (κ3) is 0.725. The van der Waals surface area contributed by atoms with Gasteiger partial charge in [-0.3, -0.25) is 0 Å². The normalized spacial score (nSPS) is 16.3. The van der Waals surface area contributed by atoms with Gasteiger partial charge in [-0.25, -0.2) is 9.67 Å². The Morgan fingerprint density at radius 3 is 3.40 bits per heavy atom. The summed E-state index contributed by atoms with van der Waals surface area (Å²) in [6.07, 6.45) is 2.54. The van der Waals surface area contributed by atoms with Crippen LogP contribution in [0.25, 0.3) is 0 Å². The maximum atomic E-state index is 4.21. The van der Waals surface area contributed by atoms with E-state index in [-0.39, 0.29) is 0 Å². The third-order valence-electron chi connectivity index (χ3n) is 1.57. The molecule has 2 rings (SSSR count). The lowest BCUT2D eigenvalue weighted by atomic mass is 10.3. The molecule has 1 aliphatic rings. The highest BCUT2D eigenvalue weighted by molar-refractivity contribution is 5.84. The van der Waals surface area contributed by atoms with E-state index in [1.165, 1.54) is 6.33 Å². The highest BCUT2D eigenvalue weighted by Gasteiger charge is 2.08. The zero-order chi connectivity index (χ0) is 6.97. The Balaban J connectivity index is 2.50. The lowest BCUT2D eigenvalue weighted by Gasteiger charge is -2.07. The molecule has 0 saturated heterocycles. The van der Waals surface area contributed by atoms with Crippen molar-refractivity contribution in [2.24, 2.45) is 4.99 Å². The van der Waals surface area contributed by atoms with Crippen LogP contribution in [0.5, 0.6) is 0 Å². The van der Waals surface area contributed by atoms with Crippen LogP contribution in [0.4, 0.5) is 5.95 Å². The number of aliphatic imine (C=N–C) groups is 1.